The topological polar surface area (TPSA) is 38.1 Å². The van der Waals surface area contributed by atoms with Crippen LogP contribution in [0.15, 0.2) is 18.3 Å². The number of nitrogens with zero attached hydrogens (tertiary/aromatic N) is 3. The number of halogens is 4. The Morgan fingerprint density at radius 1 is 1.36 bits per heavy atom. The van der Waals surface area contributed by atoms with Crippen LogP contribution in [0, 0.1) is 17.5 Å². The molecule has 0 bridgehead atoms. The number of aryl methyl sites for hydroxylation is 2. The molecule has 0 spiro atoms. The van der Waals surface area contributed by atoms with Gasteiger partial charge in [-0.3, -0.25) is 9.48 Å². The lowest BCUT2D eigenvalue weighted by atomic mass is 9.92. The molecule has 1 aliphatic carbocycles. The van der Waals surface area contributed by atoms with Crippen LogP contribution in [-0.2, 0) is 31.2 Å². The third-order valence-electron chi connectivity index (χ3n) is 4.67. The van der Waals surface area contributed by atoms with Crippen molar-refractivity contribution in [2.75, 3.05) is 5.88 Å². The maximum atomic E-state index is 14.0. The zero-order chi connectivity index (χ0) is 18.1. The Labute approximate surface area is 148 Å². The minimum atomic E-state index is -1.27. The highest BCUT2D eigenvalue weighted by Gasteiger charge is 2.31. The van der Waals surface area contributed by atoms with Gasteiger partial charge in [-0.15, -0.1) is 11.6 Å². The molecule has 0 saturated carbocycles. The first-order valence-electron chi connectivity index (χ1n) is 7.90. The van der Waals surface area contributed by atoms with Gasteiger partial charge in [0, 0.05) is 30.8 Å². The van der Waals surface area contributed by atoms with Crippen molar-refractivity contribution < 1.29 is 18.0 Å². The number of rotatable bonds is 4. The summed E-state index contributed by atoms with van der Waals surface area (Å²) in [6, 6.07) is 1.30. The fourth-order valence-electron chi connectivity index (χ4n) is 3.28. The Morgan fingerprint density at radius 3 is 2.80 bits per heavy atom. The van der Waals surface area contributed by atoms with E-state index >= 15 is 0 Å². The smallest absolute Gasteiger partial charge is 0.238 e. The first-order chi connectivity index (χ1) is 11.9. The summed E-state index contributed by atoms with van der Waals surface area (Å²) in [5.74, 6) is -4.06. The van der Waals surface area contributed by atoms with Gasteiger partial charge in [-0.25, -0.2) is 13.2 Å². The summed E-state index contributed by atoms with van der Waals surface area (Å²) >= 11 is 5.68. The molecule has 1 heterocycles. The van der Waals surface area contributed by atoms with Crippen LogP contribution in [-0.4, -0.2) is 32.5 Å². The van der Waals surface area contributed by atoms with Gasteiger partial charge < -0.3 is 4.90 Å². The lowest BCUT2D eigenvalue weighted by molar-refractivity contribution is -0.131. The van der Waals surface area contributed by atoms with Gasteiger partial charge in [-0.05, 0) is 30.5 Å². The molecule has 1 amide bonds. The van der Waals surface area contributed by atoms with Crippen LogP contribution in [0.2, 0.25) is 0 Å². The number of hydrogen-bond donors (Lipinski definition) is 0. The molecular formula is C17H17ClF3N3O. The molecule has 134 valence electrons. The number of carbonyl (C=O) groups excluding carboxylic acids is 1. The van der Waals surface area contributed by atoms with Gasteiger partial charge in [0.05, 0.1) is 12.7 Å². The molecule has 3 rings (SSSR count). The van der Waals surface area contributed by atoms with E-state index in [2.05, 4.69) is 5.10 Å². The minimum absolute atomic E-state index is 0.281. The first kappa shape index (κ1) is 17.8. The third kappa shape index (κ3) is 3.38. The van der Waals surface area contributed by atoms with E-state index in [9.17, 15) is 18.0 Å². The van der Waals surface area contributed by atoms with Crippen molar-refractivity contribution in [2.45, 2.75) is 31.8 Å². The normalized spacial score (nSPS) is 16.6. The van der Waals surface area contributed by atoms with E-state index in [1.54, 1.807) is 17.9 Å². The molecular weight excluding hydrogens is 355 g/mol. The van der Waals surface area contributed by atoms with Crippen molar-refractivity contribution in [1.29, 1.82) is 0 Å². The molecule has 0 fully saturated rings. The highest BCUT2D eigenvalue weighted by atomic mass is 35.5. The van der Waals surface area contributed by atoms with Crippen LogP contribution in [0.5, 0.6) is 0 Å². The summed E-state index contributed by atoms with van der Waals surface area (Å²) in [7, 11) is 1.81. The lowest BCUT2D eigenvalue weighted by Gasteiger charge is -2.34. The highest BCUT2D eigenvalue weighted by molar-refractivity contribution is 6.27. The van der Waals surface area contributed by atoms with Gasteiger partial charge in [0.25, 0.3) is 0 Å². The molecule has 8 heteroatoms. The molecule has 0 aliphatic heterocycles. The molecule has 4 nitrogen and oxygen atoms in total. The van der Waals surface area contributed by atoms with Gasteiger partial charge in [-0.1, -0.05) is 0 Å². The highest BCUT2D eigenvalue weighted by Crippen LogP contribution is 2.27. The standard InChI is InChI=1S/C17H17ClF3N3O/c1-23-15-6-11(3-2-10(15)8-22-23)24(16(25)7-18)9-12-13(19)4-5-14(20)17(12)21/h4-5,8,11H,2-3,6-7,9H2,1H3. The van der Waals surface area contributed by atoms with E-state index in [1.165, 1.54) is 4.90 Å². The summed E-state index contributed by atoms with van der Waals surface area (Å²) < 4.78 is 43.2. The maximum absolute atomic E-state index is 14.0. The molecule has 1 unspecified atom stereocenters. The molecule has 25 heavy (non-hydrogen) atoms. The Bertz CT molecular complexity index is 809. The summed E-state index contributed by atoms with van der Waals surface area (Å²) in [5, 5.41) is 4.20. The average Bonchev–Trinajstić information content (AvgIpc) is 2.98. The predicted octanol–water partition coefficient (Wildman–Crippen LogP) is 2.96. The molecule has 1 atom stereocenters. The van der Waals surface area contributed by atoms with Gasteiger partial charge in [-0.2, -0.15) is 5.10 Å². The SMILES string of the molecule is Cn1ncc2c1CC(N(Cc1c(F)ccc(F)c1F)C(=O)CCl)CC2. The van der Waals surface area contributed by atoms with Crippen molar-refractivity contribution in [2.24, 2.45) is 7.05 Å². The number of aromatic nitrogens is 2. The van der Waals surface area contributed by atoms with Crippen molar-refractivity contribution in [3.8, 4) is 0 Å². The summed E-state index contributed by atoms with van der Waals surface area (Å²) in [4.78, 5) is 13.6. The average molecular weight is 372 g/mol. The summed E-state index contributed by atoms with van der Waals surface area (Å²) in [5.41, 5.74) is 1.61. The number of benzene rings is 1. The Morgan fingerprint density at radius 2 is 2.08 bits per heavy atom. The Kier molecular flexibility index (Phi) is 5.03. The molecule has 0 radical (unpaired) electrons. The second kappa shape index (κ2) is 7.07. The van der Waals surface area contributed by atoms with Crippen molar-refractivity contribution in [1.82, 2.24) is 14.7 Å². The summed E-state index contributed by atoms with van der Waals surface area (Å²) in [6.45, 7) is -0.362. The molecule has 1 aromatic heterocycles. The van der Waals surface area contributed by atoms with E-state index in [1.807, 2.05) is 0 Å². The molecule has 0 saturated heterocycles. The van der Waals surface area contributed by atoms with E-state index in [4.69, 9.17) is 11.6 Å². The van der Waals surface area contributed by atoms with E-state index < -0.39 is 28.9 Å². The second-order valence-corrected chi connectivity index (χ2v) is 6.38. The maximum Gasteiger partial charge on any atom is 0.238 e. The second-order valence-electron chi connectivity index (χ2n) is 6.11. The Balaban J connectivity index is 1.91. The number of amides is 1. The Hall–Kier alpha value is -2.02. The van der Waals surface area contributed by atoms with E-state index in [-0.39, 0.29) is 18.5 Å². The molecule has 2 aromatic rings. The molecule has 0 N–H and O–H groups in total. The molecule has 1 aliphatic rings. The monoisotopic (exact) mass is 371 g/mol. The van der Waals surface area contributed by atoms with Gasteiger partial charge >= 0.3 is 0 Å². The van der Waals surface area contributed by atoms with Crippen LogP contribution in [0.25, 0.3) is 0 Å². The van der Waals surface area contributed by atoms with Crippen molar-refractivity contribution in [3.05, 3.63) is 52.6 Å². The fraction of sp³-hybridized carbons (Fsp3) is 0.412. The number of hydrogen-bond acceptors (Lipinski definition) is 2. The van der Waals surface area contributed by atoms with Crippen LogP contribution in [0.1, 0.15) is 23.2 Å². The van der Waals surface area contributed by atoms with E-state index in [0.717, 1.165) is 23.4 Å². The predicted molar refractivity (Wildman–Crippen MR) is 86.6 cm³/mol. The first-order valence-corrected chi connectivity index (χ1v) is 8.43. The van der Waals surface area contributed by atoms with Crippen molar-refractivity contribution in [3.63, 3.8) is 0 Å². The fourth-order valence-corrected chi connectivity index (χ4v) is 3.43. The van der Waals surface area contributed by atoms with Gasteiger partial charge in [0.15, 0.2) is 11.6 Å². The zero-order valence-electron chi connectivity index (χ0n) is 13.6. The number of alkyl halides is 1. The largest absolute Gasteiger partial charge is 0.334 e. The minimum Gasteiger partial charge on any atom is -0.334 e. The quantitative estimate of drug-likeness (QED) is 0.612. The molecule has 1 aromatic carbocycles. The lowest BCUT2D eigenvalue weighted by Crippen LogP contribution is -2.44. The van der Waals surface area contributed by atoms with Crippen molar-refractivity contribution >= 4 is 17.5 Å². The number of fused-ring (bicyclic) bond motifs is 1. The van der Waals surface area contributed by atoms with Gasteiger partial charge in [0.1, 0.15) is 11.7 Å². The summed E-state index contributed by atoms with van der Waals surface area (Å²) in [6.07, 6.45) is 3.62. The van der Waals surface area contributed by atoms with Crippen LogP contribution in [0.4, 0.5) is 13.2 Å². The van der Waals surface area contributed by atoms with Crippen LogP contribution in [0.3, 0.4) is 0 Å². The van der Waals surface area contributed by atoms with Gasteiger partial charge in [0.2, 0.25) is 5.91 Å². The van der Waals surface area contributed by atoms with Crippen LogP contribution >= 0.6 is 11.6 Å². The van der Waals surface area contributed by atoms with Crippen LogP contribution < -0.4 is 0 Å². The van der Waals surface area contributed by atoms with E-state index in [0.29, 0.717) is 19.3 Å². The third-order valence-corrected chi connectivity index (χ3v) is 4.90. The number of carbonyl (C=O) groups is 1. The zero-order valence-corrected chi connectivity index (χ0v) is 14.4.